The molecule has 0 aliphatic carbocycles. The molecule has 2 aromatic rings. The maximum absolute atomic E-state index is 11.7. The Hall–Kier alpha value is -2.75. The second-order valence-electron chi connectivity index (χ2n) is 5.66. The Balaban J connectivity index is 1.97. The summed E-state index contributed by atoms with van der Waals surface area (Å²) in [5, 5.41) is 2.85. The predicted octanol–water partition coefficient (Wildman–Crippen LogP) is 4.20. The van der Waals surface area contributed by atoms with Gasteiger partial charge in [0.2, 0.25) is 5.91 Å². The van der Waals surface area contributed by atoms with Crippen LogP contribution in [0.2, 0.25) is 0 Å². The van der Waals surface area contributed by atoms with E-state index >= 15 is 0 Å². The van der Waals surface area contributed by atoms with Crippen LogP contribution in [0.25, 0.3) is 6.08 Å². The summed E-state index contributed by atoms with van der Waals surface area (Å²) in [6, 6.07) is 15.6. The molecule has 4 nitrogen and oxygen atoms in total. The summed E-state index contributed by atoms with van der Waals surface area (Å²) in [6.45, 7) is 3.27. The van der Waals surface area contributed by atoms with E-state index in [0.29, 0.717) is 24.7 Å². The van der Waals surface area contributed by atoms with Crippen molar-refractivity contribution in [1.82, 2.24) is 5.32 Å². The van der Waals surface area contributed by atoms with Gasteiger partial charge in [0, 0.05) is 12.6 Å². The average molecular weight is 339 g/mol. The van der Waals surface area contributed by atoms with E-state index in [4.69, 9.17) is 9.47 Å². The van der Waals surface area contributed by atoms with Gasteiger partial charge in [-0.15, -0.1) is 0 Å². The Bertz CT molecular complexity index is 696. The average Bonchev–Trinajstić information content (AvgIpc) is 2.66. The second-order valence-corrected chi connectivity index (χ2v) is 5.66. The van der Waals surface area contributed by atoms with E-state index in [2.05, 4.69) is 12.2 Å². The molecular weight excluding hydrogens is 314 g/mol. The number of amides is 1. The van der Waals surface area contributed by atoms with E-state index < -0.39 is 0 Å². The van der Waals surface area contributed by atoms with Gasteiger partial charge in [-0.25, -0.2) is 0 Å². The van der Waals surface area contributed by atoms with Gasteiger partial charge in [0.05, 0.1) is 7.11 Å². The minimum atomic E-state index is -0.0863. The number of unbranched alkanes of at least 4 members (excludes halogenated alkanes) is 1. The number of nitrogens with one attached hydrogen (secondary N) is 1. The monoisotopic (exact) mass is 339 g/mol. The fourth-order valence-electron chi connectivity index (χ4n) is 2.26. The summed E-state index contributed by atoms with van der Waals surface area (Å²) in [7, 11) is 1.61. The molecule has 0 saturated heterocycles. The third-order valence-corrected chi connectivity index (χ3v) is 3.68. The molecule has 0 unspecified atom stereocenters. The van der Waals surface area contributed by atoms with Gasteiger partial charge in [-0.2, -0.15) is 0 Å². The fraction of sp³-hybridized carbons (Fsp3) is 0.286. The SMILES string of the molecule is CCCCNC(=O)/C=C/c1ccc(OCc2ccccc2)c(OC)c1. The van der Waals surface area contributed by atoms with Crippen LogP contribution < -0.4 is 14.8 Å². The smallest absolute Gasteiger partial charge is 0.243 e. The quantitative estimate of drug-likeness (QED) is 0.550. The van der Waals surface area contributed by atoms with Crippen LogP contribution in [0, 0.1) is 0 Å². The van der Waals surface area contributed by atoms with Gasteiger partial charge in [0.1, 0.15) is 6.61 Å². The predicted molar refractivity (Wildman–Crippen MR) is 101 cm³/mol. The highest BCUT2D eigenvalue weighted by molar-refractivity contribution is 5.91. The molecule has 2 aromatic carbocycles. The first-order valence-electron chi connectivity index (χ1n) is 8.53. The molecule has 0 radical (unpaired) electrons. The van der Waals surface area contributed by atoms with Gasteiger partial charge in [-0.3, -0.25) is 4.79 Å². The Morgan fingerprint density at radius 2 is 1.92 bits per heavy atom. The Morgan fingerprint density at radius 3 is 2.64 bits per heavy atom. The Kier molecular flexibility index (Phi) is 7.57. The highest BCUT2D eigenvalue weighted by atomic mass is 16.5. The lowest BCUT2D eigenvalue weighted by Crippen LogP contribution is -2.21. The topological polar surface area (TPSA) is 47.6 Å². The maximum atomic E-state index is 11.7. The minimum absolute atomic E-state index is 0.0863. The molecule has 0 bridgehead atoms. The zero-order valence-electron chi connectivity index (χ0n) is 14.8. The van der Waals surface area contributed by atoms with Gasteiger partial charge in [-0.05, 0) is 35.8 Å². The number of carbonyl (C=O) groups excluding carboxylic acids is 1. The van der Waals surface area contributed by atoms with E-state index in [9.17, 15) is 4.79 Å². The number of rotatable bonds is 9. The molecule has 4 heteroatoms. The Morgan fingerprint density at radius 1 is 1.12 bits per heavy atom. The van der Waals surface area contributed by atoms with Crippen molar-refractivity contribution in [2.24, 2.45) is 0 Å². The summed E-state index contributed by atoms with van der Waals surface area (Å²) in [5.41, 5.74) is 1.98. The number of benzene rings is 2. The first-order valence-corrected chi connectivity index (χ1v) is 8.53. The van der Waals surface area contributed by atoms with Crippen molar-refractivity contribution in [1.29, 1.82) is 0 Å². The summed E-state index contributed by atoms with van der Waals surface area (Å²) in [4.78, 5) is 11.7. The molecule has 0 spiro atoms. The van der Waals surface area contributed by atoms with Gasteiger partial charge in [-0.1, -0.05) is 49.7 Å². The molecule has 0 atom stereocenters. The van der Waals surface area contributed by atoms with Crippen LogP contribution in [0.3, 0.4) is 0 Å². The van der Waals surface area contributed by atoms with Gasteiger partial charge in [0.15, 0.2) is 11.5 Å². The van der Waals surface area contributed by atoms with E-state index in [-0.39, 0.29) is 5.91 Å². The third kappa shape index (κ3) is 6.34. The molecule has 132 valence electrons. The lowest BCUT2D eigenvalue weighted by Gasteiger charge is -2.11. The van der Waals surface area contributed by atoms with Crippen molar-refractivity contribution in [3.63, 3.8) is 0 Å². The third-order valence-electron chi connectivity index (χ3n) is 3.68. The van der Waals surface area contributed by atoms with E-state index in [1.54, 1.807) is 13.2 Å². The van der Waals surface area contributed by atoms with Crippen LogP contribution in [-0.4, -0.2) is 19.6 Å². The van der Waals surface area contributed by atoms with Gasteiger partial charge >= 0.3 is 0 Å². The summed E-state index contributed by atoms with van der Waals surface area (Å²) in [6.07, 6.45) is 5.35. The molecule has 0 fully saturated rings. The van der Waals surface area contributed by atoms with Gasteiger partial charge in [0.25, 0.3) is 0 Å². The molecule has 0 aliphatic heterocycles. The highest BCUT2D eigenvalue weighted by Crippen LogP contribution is 2.29. The molecule has 0 aromatic heterocycles. The van der Waals surface area contributed by atoms with E-state index in [0.717, 1.165) is 24.0 Å². The largest absolute Gasteiger partial charge is 0.493 e. The molecule has 1 N–H and O–H groups in total. The standard InChI is InChI=1S/C21H25NO3/c1-3-4-14-22-21(23)13-11-17-10-12-19(20(15-17)24-2)25-16-18-8-6-5-7-9-18/h5-13,15H,3-4,14,16H2,1-2H3,(H,22,23)/b13-11+. The van der Waals surface area contributed by atoms with Crippen molar-refractivity contribution in [3.05, 3.63) is 65.7 Å². The molecule has 25 heavy (non-hydrogen) atoms. The van der Waals surface area contributed by atoms with E-state index in [1.807, 2.05) is 48.5 Å². The summed E-state index contributed by atoms with van der Waals surface area (Å²) >= 11 is 0. The zero-order chi connectivity index (χ0) is 17.9. The Labute approximate surface area is 149 Å². The number of methoxy groups -OCH3 is 1. The number of hydrogen-bond donors (Lipinski definition) is 1. The normalized spacial score (nSPS) is 10.6. The fourth-order valence-corrected chi connectivity index (χ4v) is 2.26. The molecule has 0 aliphatic rings. The first kappa shape index (κ1) is 18.6. The van der Waals surface area contributed by atoms with Crippen LogP contribution in [-0.2, 0) is 11.4 Å². The van der Waals surface area contributed by atoms with Crippen molar-refractivity contribution in [2.75, 3.05) is 13.7 Å². The van der Waals surface area contributed by atoms with Crippen LogP contribution in [0.5, 0.6) is 11.5 Å². The van der Waals surface area contributed by atoms with Gasteiger partial charge < -0.3 is 14.8 Å². The van der Waals surface area contributed by atoms with Crippen molar-refractivity contribution >= 4 is 12.0 Å². The second kappa shape index (κ2) is 10.2. The molecule has 0 saturated carbocycles. The highest BCUT2D eigenvalue weighted by Gasteiger charge is 2.05. The number of hydrogen-bond acceptors (Lipinski definition) is 3. The number of ether oxygens (including phenoxy) is 2. The van der Waals surface area contributed by atoms with Crippen molar-refractivity contribution in [3.8, 4) is 11.5 Å². The number of carbonyl (C=O) groups is 1. The maximum Gasteiger partial charge on any atom is 0.243 e. The summed E-state index contributed by atoms with van der Waals surface area (Å²) < 4.78 is 11.2. The molecule has 1 amide bonds. The van der Waals surface area contributed by atoms with Crippen molar-refractivity contribution in [2.45, 2.75) is 26.4 Å². The minimum Gasteiger partial charge on any atom is -0.493 e. The molecular formula is C21H25NO3. The van der Waals surface area contributed by atoms with Crippen LogP contribution >= 0.6 is 0 Å². The molecule has 2 rings (SSSR count). The lowest BCUT2D eigenvalue weighted by molar-refractivity contribution is -0.116. The van der Waals surface area contributed by atoms with Crippen LogP contribution in [0.1, 0.15) is 30.9 Å². The van der Waals surface area contributed by atoms with Crippen LogP contribution in [0.4, 0.5) is 0 Å². The van der Waals surface area contributed by atoms with Crippen LogP contribution in [0.15, 0.2) is 54.6 Å². The zero-order valence-corrected chi connectivity index (χ0v) is 14.8. The first-order chi connectivity index (χ1) is 12.2. The lowest BCUT2D eigenvalue weighted by atomic mass is 10.2. The summed E-state index contributed by atoms with van der Waals surface area (Å²) in [5.74, 6) is 1.23. The van der Waals surface area contributed by atoms with Crippen molar-refractivity contribution < 1.29 is 14.3 Å². The molecule has 0 heterocycles. The van der Waals surface area contributed by atoms with E-state index in [1.165, 1.54) is 6.08 Å².